The fourth-order valence-electron chi connectivity index (χ4n) is 4.74. The number of benzene rings is 3. The SMILES string of the molecule is CC(Oc1ccc(Nc2nc(-c3cccc(-n4ccc5cc(N(C)C)ccc5c4=O)c3CO)cn(C)c2=O)cc1)C(N)=O. The summed E-state index contributed by atoms with van der Waals surface area (Å²) in [4.78, 5) is 44.4. The maximum atomic E-state index is 13.6. The summed E-state index contributed by atoms with van der Waals surface area (Å²) in [5, 5.41) is 14.9. The number of aromatic nitrogens is 3. The van der Waals surface area contributed by atoms with Gasteiger partial charge in [0.25, 0.3) is 17.0 Å². The molecule has 1 atom stereocenters. The van der Waals surface area contributed by atoms with E-state index in [4.69, 9.17) is 10.5 Å². The summed E-state index contributed by atoms with van der Waals surface area (Å²) in [6, 6.07) is 19.5. The van der Waals surface area contributed by atoms with Crippen molar-refractivity contribution in [1.29, 1.82) is 0 Å². The summed E-state index contributed by atoms with van der Waals surface area (Å²) in [7, 11) is 5.49. The second-order valence-electron chi connectivity index (χ2n) is 10.3. The number of amides is 1. The number of pyridine rings is 1. The molecule has 1 unspecified atom stereocenters. The monoisotopic (exact) mass is 580 g/mol. The first-order valence-electron chi connectivity index (χ1n) is 13.5. The van der Waals surface area contributed by atoms with E-state index in [9.17, 15) is 19.5 Å². The lowest BCUT2D eigenvalue weighted by Gasteiger charge is -2.17. The fourth-order valence-corrected chi connectivity index (χ4v) is 4.74. The first kappa shape index (κ1) is 29.1. The number of aliphatic hydroxyl groups excluding tert-OH is 1. The van der Waals surface area contributed by atoms with Gasteiger partial charge in [0, 0.05) is 61.4 Å². The summed E-state index contributed by atoms with van der Waals surface area (Å²) in [6.45, 7) is 1.19. The number of fused-ring (bicyclic) bond motifs is 1. The van der Waals surface area contributed by atoms with Gasteiger partial charge < -0.3 is 30.4 Å². The van der Waals surface area contributed by atoms with Crippen LogP contribution >= 0.6 is 0 Å². The minimum Gasteiger partial charge on any atom is -0.481 e. The molecule has 0 radical (unpaired) electrons. The Labute approximate surface area is 247 Å². The Morgan fingerprint density at radius 2 is 1.81 bits per heavy atom. The second kappa shape index (κ2) is 11.8. The Kier molecular flexibility index (Phi) is 8.00. The van der Waals surface area contributed by atoms with E-state index in [1.54, 1.807) is 74.9 Å². The van der Waals surface area contributed by atoms with Gasteiger partial charge in [-0.15, -0.1) is 0 Å². The van der Waals surface area contributed by atoms with Crippen LogP contribution in [0.1, 0.15) is 12.5 Å². The molecule has 2 aromatic heterocycles. The van der Waals surface area contributed by atoms with Crippen LogP contribution in [0, 0.1) is 0 Å². The average molecular weight is 581 g/mol. The molecule has 0 spiro atoms. The van der Waals surface area contributed by atoms with E-state index in [0.29, 0.717) is 39.3 Å². The molecule has 11 heteroatoms. The summed E-state index contributed by atoms with van der Waals surface area (Å²) in [5.41, 5.74) is 8.21. The van der Waals surface area contributed by atoms with Crippen molar-refractivity contribution < 1.29 is 14.6 Å². The number of ether oxygens (including phenoxy) is 1. The van der Waals surface area contributed by atoms with Crippen molar-refractivity contribution in [3.8, 4) is 22.7 Å². The molecular formula is C32H32N6O5. The van der Waals surface area contributed by atoms with Gasteiger partial charge in [-0.1, -0.05) is 12.1 Å². The zero-order valence-corrected chi connectivity index (χ0v) is 24.2. The molecule has 3 aromatic carbocycles. The van der Waals surface area contributed by atoms with Crippen molar-refractivity contribution in [3.05, 3.63) is 105 Å². The zero-order valence-electron chi connectivity index (χ0n) is 24.2. The van der Waals surface area contributed by atoms with Gasteiger partial charge in [-0.2, -0.15) is 0 Å². The highest BCUT2D eigenvalue weighted by atomic mass is 16.5. The summed E-state index contributed by atoms with van der Waals surface area (Å²) in [5.74, 6) is -0.0758. The molecule has 5 rings (SSSR count). The van der Waals surface area contributed by atoms with Crippen molar-refractivity contribution >= 4 is 33.9 Å². The lowest BCUT2D eigenvalue weighted by Crippen LogP contribution is -2.30. The first-order valence-corrected chi connectivity index (χ1v) is 13.5. The molecule has 220 valence electrons. The van der Waals surface area contributed by atoms with E-state index in [0.717, 1.165) is 11.1 Å². The number of anilines is 3. The Bertz CT molecular complexity index is 1950. The molecule has 43 heavy (non-hydrogen) atoms. The lowest BCUT2D eigenvalue weighted by atomic mass is 10.0. The van der Waals surface area contributed by atoms with Crippen molar-refractivity contribution in [2.45, 2.75) is 19.6 Å². The lowest BCUT2D eigenvalue weighted by molar-refractivity contribution is -0.123. The fraction of sp³-hybridized carbons (Fsp3) is 0.188. The number of carbonyl (C=O) groups is 1. The van der Waals surface area contributed by atoms with Gasteiger partial charge in [-0.05, 0) is 66.9 Å². The highest BCUT2D eigenvalue weighted by Gasteiger charge is 2.17. The second-order valence-corrected chi connectivity index (χ2v) is 10.3. The van der Waals surface area contributed by atoms with Gasteiger partial charge in [0.05, 0.1) is 18.0 Å². The number of primary amides is 1. The third-order valence-electron chi connectivity index (χ3n) is 7.15. The molecule has 0 bridgehead atoms. The van der Waals surface area contributed by atoms with E-state index in [1.165, 1.54) is 9.13 Å². The summed E-state index contributed by atoms with van der Waals surface area (Å²) in [6.07, 6.45) is 2.49. The van der Waals surface area contributed by atoms with E-state index < -0.39 is 12.0 Å². The molecule has 0 saturated carbocycles. The molecule has 0 fully saturated rings. The van der Waals surface area contributed by atoms with Crippen LogP contribution in [0.3, 0.4) is 0 Å². The Hall–Kier alpha value is -5.42. The standard InChI is InChI=1S/C32H32N6O5/c1-19(29(33)40)43-23-11-8-21(9-12-23)34-30-32(42)37(4)17-27(35-30)25-6-5-7-28(26(25)18-39)38-15-14-20-16-22(36(2)3)10-13-24(20)31(38)41/h5-17,19,39H,18H2,1-4H3,(H2,33,40)(H,34,35). The highest BCUT2D eigenvalue weighted by molar-refractivity contribution is 5.85. The normalized spacial score (nSPS) is 11.7. The van der Waals surface area contributed by atoms with E-state index in [2.05, 4.69) is 10.3 Å². The minimum atomic E-state index is -0.790. The number of aliphatic hydroxyl groups is 1. The van der Waals surface area contributed by atoms with Crippen LogP contribution < -0.4 is 31.8 Å². The summed E-state index contributed by atoms with van der Waals surface area (Å²) < 4.78 is 8.40. The Morgan fingerprint density at radius 3 is 2.49 bits per heavy atom. The molecule has 0 aliphatic heterocycles. The number of nitrogens with zero attached hydrogens (tertiary/aromatic N) is 4. The van der Waals surface area contributed by atoms with Gasteiger partial charge >= 0.3 is 0 Å². The van der Waals surface area contributed by atoms with Crippen molar-refractivity contribution in [3.63, 3.8) is 0 Å². The third kappa shape index (κ3) is 5.84. The van der Waals surface area contributed by atoms with Crippen LogP contribution in [0.5, 0.6) is 5.75 Å². The van der Waals surface area contributed by atoms with Crippen LogP contribution in [0.25, 0.3) is 27.7 Å². The van der Waals surface area contributed by atoms with Gasteiger partial charge in [-0.3, -0.25) is 19.0 Å². The topological polar surface area (TPSA) is 145 Å². The molecule has 0 saturated heterocycles. The van der Waals surface area contributed by atoms with Crippen molar-refractivity contribution in [2.75, 3.05) is 24.3 Å². The number of hydrogen-bond donors (Lipinski definition) is 3. The quantitative estimate of drug-likeness (QED) is 0.241. The molecule has 5 aromatic rings. The molecule has 11 nitrogen and oxygen atoms in total. The van der Waals surface area contributed by atoms with Gasteiger partial charge in [-0.25, -0.2) is 4.98 Å². The molecule has 4 N–H and O–H groups in total. The Balaban J connectivity index is 1.53. The molecule has 0 aliphatic carbocycles. The summed E-state index contributed by atoms with van der Waals surface area (Å²) >= 11 is 0. The number of rotatable bonds is 9. The molecule has 1 amide bonds. The van der Waals surface area contributed by atoms with Gasteiger partial charge in [0.15, 0.2) is 11.9 Å². The van der Waals surface area contributed by atoms with Crippen LogP contribution in [-0.4, -0.2) is 45.3 Å². The maximum absolute atomic E-state index is 13.6. The van der Waals surface area contributed by atoms with Crippen molar-refractivity contribution in [1.82, 2.24) is 14.1 Å². The number of nitrogens with one attached hydrogen (secondary N) is 1. The number of hydrogen-bond acceptors (Lipinski definition) is 8. The van der Waals surface area contributed by atoms with Crippen molar-refractivity contribution in [2.24, 2.45) is 12.8 Å². The average Bonchev–Trinajstić information content (AvgIpc) is 2.99. The Morgan fingerprint density at radius 1 is 1.07 bits per heavy atom. The minimum absolute atomic E-state index is 0.0630. The van der Waals surface area contributed by atoms with Gasteiger partial charge in [0.2, 0.25) is 0 Å². The number of carbonyl (C=O) groups excluding carboxylic acids is 1. The van der Waals surface area contributed by atoms with Crippen LogP contribution in [0.15, 0.2) is 88.7 Å². The first-order chi connectivity index (χ1) is 20.6. The van der Waals surface area contributed by atoms with E-state index in [-0.39, 0.29) is 23.5 Å². The predicted molar refractivity (Wildman–Crippen MR) is 167 cm³/mol. The zero-order chi connectivity index (χ0) is 30.8. The van der Waals surface area contributed by atoms with Crippen LogP contribution in [0.4, 0.5) is 17.2 Å². The van der Waals surface area contributed by atoms with Gasteiger partial charge in [0.1, 0.15) is 5.75 Å². The molecular weight excluding hydrogens is 548 g/mol. The van der Waals surface area contributed by atoms with E-state index in [1.807, 2.05) is 37.2 Å². The molecule has 2 heterocycles. The van der Waals surface area contributed by atoms with Crippen LogP contribution in [-0.2, 0) is 18.4 Å². The largest absolute Gasteiger partial charge is 0.481 e. The van der Waals surface area contributed by atoms with Crippen LogP contribution in [0.2, 0.25) is 0 Å². The third-order valence-corrected chi connectivity index (χ3v) is 7.15. The predicted octanol–water partition coefficient (Wildman–Crippen LogP) is 3.31. The van der Waals surface area contributed by atoms with E-state index >= 15 is 0 Å². The maximum Gasteiger partial charge on any atom is 0.293 e. The number of aryl methyl sites for hydroxylation is 1. The number of nitrogens with two attached hydrogens (primary N) is 1. The smallest absolute Gasteiger partial charge is 0.293 e. The molecule has 0 aliphatic rings. The highest BCUT2D eigenvalue weighted by Crippen LogP contribution is 2.29.